The smallest absolute Gasteiger partial charge is 0.336 e. The molecule has 2 aromatic carbocycles. The summed E-state index contributed by atoms with van der Waals surface area (Å²) >= 11 is 18.4. The van der Waals surface area contributed by atoms with Gasteiger partial charge in [0.25, 0.3) is 0 Å². The molecule has 1 heterocycles. The van der Waals surface area contributed by atoms with E-state index in [4.69, 9.17) is 45.2 Å². The Hall–Kier alpha value is -1.95. The molecular weight excluding hydrogens is 393 g/mol. The van der Waals surface area contributed by atoms with Crippen molar-refractivity contribution in [1.82, 2.24) is 0 Å². The Morgan fingerprint density at radius 3 is 1.85 bits per heavy atom. The summed E-state index contributed by atoms with van der Waals surface area (Å²) in [5, 5.41) is 0. The SMILES string of the molecule is CC(=O)C1=C(N)O[B-](c2ccccc2)(c2ccccc2)N=C1C(Cl)(Cl)Cl. The third-order valence-electron chi connectivity index (χ3n) is 4.21. The van der Waals surface area contributed by atoms with Crippen molar-refractivity contribution in [2.75, 3.05) is 0 Å². The van der Waals surface area contributed by atoms with Crippen LogP contribution in [0.2, 0.25) is 0 Å². The van der Waals surface area contributed by atoms with Crippen LogP contribution in [0.4, 0.5) is 0 Å². The van der Waals surface area contributed by atoms with Crippen LogP contribution in [-0.4, -0.2) is 21.8 Å². The lowest BCUT2D eigenvalue weighted by molar-refractivity contribution is -0.113. The van der Waals surface area contributed by atoms with Gasteiger partial charge in [-0.2, -0.15) is 0 Å². The average molecular weight is 409 g/mol. The molecule has 1 aliphatic heterocycles. The van der Waals surface area contributed by atoms with E-state index < -0.39 is 16.1 Å². The van der Waals surface area contributed by atoms with Crippen LogP contribution >= 0.6 is 34.8 Å². The number of hydrogen-bond donors (Lipinski definition) is 1. The van der Waals surface area contributed by atoms with E-state index in [-0.39, 0.29) is 17.2 Å². The van der Waals surface area contributed by atoms with E-state index >= 15 is 0 Å². The number of ketones is 1. The Labute approximate surface area is 166 Å². The Balaban J connectivity index is 2.34. The second-order valence-corrected chi connectivity index (χ2v) is 8.24. The molecule has 2 N–H and O–H groups in total. The van der Waals surface area contributed by atoms with Crippen molar-refractivity contribution in [2.45, 2.75) is 10.7 Å². The average Bonchev–Trinajstić information content (AvgIpc) is 2.61. The van der Waals surface area contributed by atoms with Crippen LogP contribution in [0.5, 0.6) is 0 Å². The fraction of sp³-hybridized carbons (Fsp3) is 0.111. The zero-order valence-corrected chi connectivity index (χ0v) is 16.1. The Morgan fingerprint density at radius 1 is 1.00 bits per heavy atom. The molecule has 0 saturated carbocycles. The number of hydrogen-bond acceptors (Lipinski definition) is 4. The maximum absolute atomic E-state index is 12.1. The fourth-order valence-electron chi connectivity index (χ4n) is 3.09. The summed E-state index contributed by atoms with van der Waals surface area (Å²) in [5.41, 5.74) is 7.56. The minimum atomic E-state index is -2.22. The van der Waals surface area contributed by atoms with E-state index in [0.29, 0.717) is 0 Å². The van der Waals surface area contributed by atoms with E-state index in [2.05, 4.69) is 4.90 Å². The molecule has 8 heteroatoms. The van der Waals surface area contributed by atoms with Gasteiger partial charge in [-0.3, -0.25) is 4.79 Å². The number of nitrogens with zero attached hydrogens (tertiary/aromatic N) is 1. The highest BCUT2D eigenvalue weighted by Crippen LogP contribution is 2.36. The molecule has 0 bridgehead atoms. The molecule has 134 valence electrons. The van der Waals surface area contributed by atoms with Crippen LogP contribution < -0.4 is 16.7 Å². The molecule has 0 saturated heterocycles. The first-order valence-corrected chi connectivity index (χ1v) is 9.01. The van der Waals surface area contributed by atoms with Crippen molar-refractivity contribution in [3.8, 4) is 0 Å². The predicted octanol–water partition coefficient (Wildman–Crippen LogP) is 2.84. The number of benzene rings is 2. The largest absolute Gasteiger partial charge is 0.676 e. The van der Waals surface area contributed by atoms with Crippen molar-refractivity contribution >= 4 is 63.7 Å². The van der Waals surface area contributed by atoms with Gasteiger partial charge in [-0.15, -0.1) is 10.9 Å². The predicted molar refractivity (Wildman–Crippen MR) is 109 cm³/mol. The van der Waals surface area contributed by atoms with Crippen LogP contribution in [-0.2, 0) is 9.45 Å². The molecule has 0 unspecified atom stereocenters. The second kappa shape index (κ2) is 6.99. The van der Waals surface area contributed by atoms with Crippen molar-refractivity contribution in [3.63, 3.8) is 0 Å². The molecule has 0 fully saturated rings. The highest BCUT2D eigenvalue weighted by Gasteiger charge is 2.42. The van der Waals surface area contributed by atoms with E-state index in [0.717, 1.165) is 10.9 Å². The lowest BCUT2D eigenvalue weighted by Gasteiger charge is -2.45. The van der Waals surface area contributed by atoms with Gasteiger partial charge in [-0.25, -0.2) is 0 Å². The van der Waals surface area contributed by atoms with Gasteiger partial charge in [0.2, 0.25) is 3.79 Å². The quantitative estimate of drug-likeness (QED) is 0.627. The van der Waals surface area contributed by atoms with Crippen molar-refractivity contribution < 1.29 is 9.45 Å². The first-order chi connectivity index (χ1) is 12.3. The standard InChI is InChI=1S/C18H15BCl3N2O2/c1-12(25)15-16(18(20,21)22)24-19(26-17(15)23,13-8-4-2-5-9-13)14-10-6-3-7-11-14/h2-11H,23H2,1H3/q-1. The summed E-state index contributed by atoms with van der Waals surface area (Å²) in [5.74, 6) is -0.500. The lowest BCUT2D eigenvalue weighted by atomic mass is 9.42. The number of rotatable bonds is 3. The van der Waals surface area contributed by atoms with Gasteiger partial charge in [0, 0.05) is 0 Å². The Morgan fingerprint density at radius 2 is 1.46 bits per heavy atom. The fourth-order valence-corrected chi connectivity index (χ4v) is 3.52. The van der Waals surface area contributed by atoms with E-state index in [9.17, 15) is 4.79 Å². The highest BCUT2D eigenvalue weighted by atomic mass is 35.6. The Bertz CT molecular complexity index is 854. The number of Topliss-reactive ketones (excluding diaryl/α,β-unsaturated/α-hetero) is 1. The number of carbonyl (C=O) groups is 1. The highest BCUT2D eigenvalue weighted by molar-refractivity contribution is 6.98. The molecule has 0 amide bonds. The second-order valence-electron chi connectivity index (χ2n) is 5.95. The van der Waals surface area contributed by atoms with Crippen LogP contribution in [0.3, 0.4) is 0 Å². The van der Waals surface area contributed by atoms with Gasteiger partial charge in [0.15, 0.2) is 5.78 Å². The molecule has 0 aliphatic carbocycles. The summed E-state index contributed by atoms with van der Waals surface area (Å²) in [6.45, 7) is -0.898. The topological polar surface area (TPSA) is 64.7 Å². The van der Waals surface area contributed by atoms with Crippen LogP contribution in [0, 0.1) is 0 Å². The van der Waals surface area contributed by atoms with Crippen LogP contribution in [0.25, 0.3) is 0 Å². The van der Waals surface area contributed by atoms with Crippen LogP contribution in [0.1, 0.15) is 6.92 Å². The molecule has 1 aliphatic rings. The molecule has 0 aromatic heterocycles. The van der Waals surface area contributed by atoms with Crippen molar-refractivity contribution in [2.24, 2.45) is 10.6 Å². The Kier molecular flexibility index (Phi) is 5.06. The van der Waals surface area contributed by atoms with Gasteiger partial charge in [-0.05, 0) is 6.92 Å². The van der Waals surface area contributed by atoms with Crippen molar-refractivity contribution in [1.29, 1.82) is 0 Å². The zero-order valence-electron chi connectivity index (χ0n) is 13.8. The summed E-state index contributed by atoms with van der Waals surface area (Å²) in [6, 6.07) is 18.6. The van der Waals surface area contributed by atoms with Gasteiger partial charge < -0.3 is 15.3 Å². The summed E-state index contributed by atoms with van der Waals surface area (Å²) < 4.78 is 4.14. The van der Waals surface area contributed by atoms with Gasteiger partial charge >= 0.3 is 6.48 Å². The third kappa shape index (κ3) is 3.35. The number of carbonyl (C=O) groups excluding carboxylic acids is 1. The maximum Gasteiger partial charge on any atom is 0.336 e. The summed E-state index contributed by atoms with van der Waals surface area (Å²) in [6.07, 6.45) is 0. The molecule has 0 spiro atoms. The number of allylic oxidation sites excluding steroid dienone is 1. The zero-order chi connectivity index (χ0) is 18.9. The number of alkyl halides is 3. The molecule has 0 atom stereocenters. The number of nitrogens with two attached hydrogens (primary N) is 1. The minimum Gasteiger partial charge on any atom is -0.676 e. The van der Waals surface area contributed by atoms with Gasteiger partial charge in [-0.1, -0.05) is 95.5 Å². The monoisotopic (exact) mass is 407 g/mol. The molecule has 2 aromatic rings. The van der Waals surface area contributed by atoms with E-state index in [1.54, 1.807) is 0 Å². The third-order valence-corrected chi connectivity index (χ3v) is 4.75. The minimum absolute atomic E-state index is 0.0191. The molecule has 4 nitrogen and oxygen atoms in total. The first kappa shape index (κ1) is 18.8. The normalized spacial score (nSPS) is 16.7. The maximum atomic E-state index is 12.1. The molecule has 26 heavy (non-hydrogen) atoms. The van der Waals surface area contributed by atoms with E-state index in [1.807, 2.05) is 60.7 Å². The molecule has 0 radical (unpaired) electrons. The van der Waals surface area contributed by atoms with Crippen LogP contribution in [0.15, 0.2) is 77.0 Å². The van der Waals surface area contributed by atoms with Gasteiger partial charge in [0.1, 0.15) is 5.88 Å². The molecular formula is C18H15BCl3N2O2-. The van der Waals surface area contributed by atoms with Crippen molar-refractivity contribution in [3.05, 3.63) is 72.1 Å². The van der Waals surface area contributed by atoms with Gasteiger partial charge in [0.05, 0.1) is 11.3 Å². The lowest BCUT2D eigenvalue weighted by Crippen LogP contribution is -2.63. The number of halogens is 3. The first-order valence-electron chi connectivity index (χ1n) is 7.88. The summed E-state index contributed by atoms with van der Waals surface area (Å²) in [7, 11) is 0. The molecule has 3 rings (SSSR count). The van der Waals surface area contributed by atoms with E-state index in [1.165, 1.54) is 6.92 Å². The summed E-state index contributed by atoms with van der Waals surface area (Å²) in [4.78, 5) is 16.8.